The molecule has 3 N–H and O–H groups in total. The summed E-state index contributed by atoms with van der Waals surface area (Å²) < 4.78 is 1.43. The van der Waals surface area contributed by atoms with E-state index in [0.717, 1.165) is 10.9 Å². The quantitative estimate of drug-likeness (QED) is 0.676. The van der Waals surface area contributed by atoms with E-state index in [0.29, 0.717) is 5.52 Å². The second-order valence-corrected chi connectivity index (χ2v) is 3.66. The van der Waals surface area contributed by atoms with Gasteiger partial charge >= 0.3 is 0 Å². The summed E-state index contributed by atoms with van der Waals surface area (Å²) in [5, 5.41) is 10.4. The number of aromatic hydroxyl groups is 1. The third kappa shape index (κ3) is 1.34. The fraction of sp³-hybridized carbons (Fsp3) is 0.182. The average Bonchev–Trinajstić information content (AvgIpc) is 2.19. The number of nitrogen functional groups attached to an aromatic ring is 1. The Labute approximate surface area is 86.6 Å². The van der Waals surface area contributed by atoms with Gasteiger partial charge in [0.05, 0.1) is 11.2 Å². The van der Waals surface area contributed by atoms with Crippen molar-refractivity contribution in [2.24, 2.45) is 7.05 Å². The van der Waals surface area contributed by atoms with E-state index in [1.807, 2.05) is 0 Å². The fourth-order valence-electron chi connectivity index (χ4n) is 1.65. The second kappa shape index (κ2) is 3.02. The third-order valence-electron chi connectivity index (χ3n) is 2.57. The standard InChI is InChI=1S/C11H12N2O2/c1-6-3-7-4-8(12)11(15)13(2)9(7)5-10(6)14/h3-5,14H,12H2,1-2H3. The minimum Gasteiger partial charge on any atom is -0.508 e. The van der Waals surface area contributed by atoms with E-state index in [-0.39, 0.29) is 17.0 Å². The van der Waals surface area contributed by atoms with E-state index in [1.165, 1.54) is 4.57 Å². The molecule has 0 spiro atoms. The lowest BCUT2D eigenvalue weighted by Crippen LogP contribution is -2.20. The molecule has 78 valence electrons. The molecule has 0 fully saturated rings. The molecule has 0 atom stereocenters. The molecule has 0 amide bonds. The molecule has 0 saturated carbocycles. The van der Waals surface area contributed by atoms with Gasteiger partial charge in [0.15, 0.2) is 0 Å². The molecule has 0 unspecified atom stereocenters. The van der Waals surface area contributed by atoms with Crippen molar-refractivity contribution < 1.29 is 5.11 Å². The molecule has 2 rings (SSSR count). The predicted molar refractivity (Wildman–Crippen MR) is 60.0 cm³/mol. The number of hydrogen-bond donors (Lipinski definition) is 2. The molecule has 2 aromatic rings. The summed E-state index contributed by atoms with van der Waals surface area (Å²) in [6.07, 6.45) is 0. The number of hydrogen-bond acceptors (Lipinski definition) is 3. The van der Waals surface area contributed by atoms with Gasteiger partial charge in [-0.2, -0.15) is 0 Å². The number of fused-ring (bicyclic) bond motifs is 1. The fourth-order valence-corrected chi connectivity index (χ4v) is 1.65. The van der Waals surface area contributed by atoms with E-state index in [2.05, 4.69) is 0 Å². The zero-order chi connectivity index (χ0) is 11.2. The summed E-state index contributed by atoms with van der Waals surface area (Å²) in [5.41, 5.74) is 6.99. The lowest BCUT2D eigenvalue weighted by Gasteiger charge is -2.08. The van der Waals surface area contributed by atoms with Crippen LogP contribution in [0, 0.1) is 6.92 Å². The van der Waals surface area contributed by atoms with Gasteiger partial charge in [0.2, 0.25) is 0 Å². The van der Waals surface area contributed by atoms with Crippen LogP contribution in [-0.2, 0) is 7.05 Å². The average molecular weight is 204 g/mol. The van der Waals surface area contributed by atoms with Crippen molar-refractivity contribution in [2.45, 2.75) is 6.92 Å². The Bertz CT molecular complexity index is 600. The number of rotatable bonds is 0. The number of aromatic nitrogens is 1. The van der Waals surface area contributed by atoms with Crippen LogP contribution in [0.3, 0.4) is 0 Å². The molecular formula is C11H12N2O2. The Morgan fingerprint density at radius 3 is 2.67 bits per heavy atom. The molecule has 0 aliphatic rings. The van der Waals surface area contributed by atoms with Crippen molar-refractivity contribution in [3.63, 3.8) is 0 Å². The van der Waals surface area contributed by atoms with Gasteiger partial charge in [-0.25, -0.2) is 0 Å². The summed E-state index contributed by atoms with van der Waals surface area (Å²) in [4.78, 5) is 11.5. The minimum absolute atomic E-state index is 0.183. The Morgan fingerprint density at radius 2 is 2.00 bits per heavy atom. The SMILES string of the molecule is Cc1cc2cc(N)c(=O)n(C)c2cc1O. The molecule has 0 bridgehead atoms. The number of phenols is 1. The van der Waals surface area contributed by atoms with Gasteiger partial charge in [0.1, 0.15) is 5.75 Å². The maximum atomic E-state index is 11.5. The lowest BCUT2D eigenvalue weighted by atomic mass is 10.1. The van der Waals surface area contributed by atoms with Crippen LogP contribution in [0.25, 0.3) is 10.9 Å². The van der Waals surface area contributed by atoms with Crippen molar-refractivity contribution in [1.82, 2.24) is 4.57 Å². The first-order chi connectivity index (χ1) is 7.00. The van der Waals surface area contributed by atoms with Crippen molar-refractivity contribution in [2.75, 3.05) is 5.73 Å². The maximum absolute atomic E-state index is 11.5. The Morgan fingerprint density at radius 1 is 1.33 bits per heavy atom. The number of nitrogens with two attached hydrogens (primary N) is 1. The van der Waals surface area contributed by atoms with Crippen LogP contribution in [0.5, 0.6) is 5.75 Å². The number of pyridine rings is 1. The van der Waals surface area contributed by atoms with Gasteiger partial charge in [-0.15, -0.1) is 0 Å². The van der Waals surface area contributed by atoms with Gasteiger partial charge in [-0.05, 0) is 24.6 Å². The highest BCUT2D eigenvalue weighted by atomic mass is 16.3. The first-order valence-corrected chi connectivity index (χ1v) is 4.59. The molecule has 0 aliphatic carbocycles. The largest absolute Gasteiger partial charge is 0.508 e. The van der Waals surface area contributed by atoms with Crippen molar-refractivity contribution >= 4 is 16.6 Å². The van der Waals surface area contributed by atoms with Gasteiger partial charge < -0.3 is 15.4 Å². The highest BCUT2D eigenvalue weighted by Crippen LogP contribution is 2.23. The molecule has 0 radical (unpaired) electrons. The molecule has 15 heavy (non-hydrogen) atoms. The van der Waals surface area contributed by atoms with E-state index < -0.39 is 0 Å². The van der Waals surface area contributed by atoms with E-state index in [1.54, 1.807) is 32.2 Å². The molecular weight excluding hydrogens is 192 g/mol. The van der Waals surface area contributed by atoms with Crippen molar-refractivity contribution in [3.05, 3.63) is 34.1 Å². The van der Waals surface area contributed by atoms with Crippen molar-refractivity contribution in [1.29, 1.82) is 0 Å². The first kappa shape index (κ1) is 9.58. The van der Waals surface area contributed by atoms with Crippen LogP contribution >= 0.6 is 0 Å². The molecule has 1 aromatic heterocycles. The Balaban J connectivity index is 3.00. The smallest absolute Gasteiger partial charge is 0.273 e. The van der Waals surface area contributed by atoms with E-state index in [4.69, 9.17) is 5.73 Å². The van der Waals surface area contributed by atoms with E-state index >= 15 is 0 Å². The minimum atomic E-state index is -0.245. The van der Waals surface area contributed by atoms with Crippen LogP contribution in [0.15, 0.2) is 23.0 Å². The summed E-state index contributed by atoms with van der Waals surface area (Å²) in [6.45, 7) is 1.80. The Hall–Kier alpha value is -1.97. The lowest BCUT2D eigenvalue weighted by molar-refractivity contribution is 0.471. The zero-order valence-electron chi connectivity index (χ0n) is 8.61. The topological polar surface area (TPSA) is 68.2 Å². The summed E-state index contributed by atoms with van der Waals surface area (Å²) >= 11 is 0. The number of aryl methyl sites for hydroxylation is 2. The number of benzene rings is 1. The summed E-state index contributed by atoms with van der Waals surface area (Å²) in [7, 11) is 1.63. The van der Waals surface area contributed by atoms with Gasteiger partial charge in [0.25, 0.3) is 5.56 Å². The molecule has 0 aliphatic heterocycles. The molecule has 0 saturated heterocycles. The van der Waals surface area contributed by atoms with Crippen molar-refractivity contribution in [3.8, 4) is 5.75 Å². The van der Waals surface area contributed by atoms with Crippen LogP contribution < -0.4 is 11.3 Å². The third-order valence-corrected chi connectivity index (χ3v) is 2.57. The molecule has 4 heteroatoms. The summed E-state index contributed by atoms with van der Waals surface area (Å²) in [5.74, 6) is 0.183. The Kier molecular flexibility index (Phi) is 1.93. The van der Waals surface area contributed by atoms with Gasteiger partial charge in [-0.3, -0.25) is 4.79 Å². The molecule has 4 nitrogen and oxygen atoms in total. The maximum Gasteiger partial charge on any atom is 0.273 e. The van der Waals surface area contributed by atoms with Crippen LogP contribution in [0.2, 0.25) is 0 Å². The number of anilines is 1. The molecule has 1 heterocycles. The van der Waals surface area contributed by atoms with Crippen LogP contribution in [0.4, 0.5) is 5.69 Å². The van der Waals surface area contributed by atoms with E-state index in [9.17, 15) is 9.90 Å². The van der Waals surface area contributed by atoms with Gasteiger partial charge in [0, 0.05) is 18.5 Å². The number of phenolic OH excluding ortho intramolecular Hbond substituents is 1. The number of nitrogens with zero attached hydrogens (tertiary/aromatic N) is 1. The van der Waals surface area contributed by atoms with Crippen LogP contribution in [-0.4, -0.2) is 9.67 Å². The van der Waals surface area contributed by atoms with Crippen LogP contribution in [0.1, 0.15) is 5.56 Å². The van der Waals surface area contributed by atoms with Gasteiger partial charge in [-0.1, -0.05) is 0 Å². The molecule has 1 aromatic carbocycles. The predicted octanol–water partition coefficient (Wildman–Crippen LogP) is 1.13. The normalized spacial score (nSPS) is 10.8. The zero-order valence-corrected chi connectivity index (χ0v) is 8.61. The first-order valence-electron chi connectivity index (χ1n) is 4.59. The monoisotopic (exact) mass is 204 g/mol. The highest BCUT2D eigenvalue weighted by molar-refractivity contribution is 5.84. The highest BCUT2D eigenvalue weighted by Gasteiger charge is 2.06. The second-order valence-electron chi connectivity index (χ2n) is 3.66. The summed E-state index contributed by atoms with van der Waals surface area (Å²) in [6, 6.07) is 5.01.